The van der Waals surface area contributed by atoms with E-state index in [1.54, 1.807) is 4.57 Å². The molecule has 0 saturated carbocycles. The van der Waals surface area contributed by atoms with Gasteiger partial charge in [-0.05, 0) is 71.9 Å². The molecule has 1 aliphatic heterocycles. The lowest BCUT2D eigenvalue weighted by molar-refractivity contribution is -0.134. The van der Waals surface area contributed by atoms with Crippen LogP contribution in [0, 0.1) is 11.8 Å². The Balaban J connectivity index is 1.85. The first-order valence-electron chi connectivity index (χ1n) is 12.1. The molecule has 0 radical (unpaired) electrons. The van der Waals surface area contributed by atoms with Crippen LogP contribution in [0.2, 0.25) is 0 Å². The van der Waals surface area contributed by atoms with Gasteiger partial charge >= 0.3 is 0 Å². The summed E-state index contributed by atoms with van der Waals surface area (Å²) >= 11 is 3.76. The van der Waals surface area contributed by atoms with Crippen LogP contribution in [0.15, 0.2) is 28.9 Å². The Bertz CT molecular complexity index is 1120. The number of likely N-dealkylation sites (N-methyl/N-ethyl adjacent to an activating group) is 1. The lowest BCUT2D eigenvalue weighted by atomic mass is 9.79. The average Bonchev–Trinajstić information content (AvgIpc) is 3.11. The number of hydrogen-bond donors (Lipinski definition) is 1. The second-order valence-corrected chi connectivity index (χ2v) is 10.2. The highest BCUT2D eigenvalue weighted by molar-refractivity contribution is 9.10. The number of benzene rings is 1. The van der Waals surface area contributed by atoms with Gasteiger partial charge in [0.2, 0.25) is 11.8 Å². The summed E-state index contributed by atoms with van der Waals surface area (Å²) in [5.74, 6) is 0.0430. The van der Waals surface area contributed by atoms with Crippen LogP contribution in [-0.4, -0.2) is 64.9 Å². The number of nitrogens with two attached hydrogens (primary N) is 1. The van der Waals surface area contributed by atoms with Crippen molar-refractivity contribution in [2.75, 3.05) is 26.7 Å². The molecule has 6 nitrogen and oxygen atoms in total. The number of halogens is 1. The SMILES string of the molecule is CCC(C)C(N)C(=O)n1c(Br)c2c3c(cccc31)C1=CC(C(=O)N(CC)CC)CN(C)C1C2. The molecule has 178 valence electrons. The van der Waals surface area contributed by atoms with Gasteiger partial charge in [0.25, 0.3) is 0 Å². The van der Waals surface area contributed by atoms with E-state index in [4.69, 9.17) is 5.73 Å². The molecule has 1 aromatic heterocycles. The maximum Gasteiger partial charge on any atom is 0.249 e. The van der Waals surface area contributed by atoms with Gasteiger partial charge in [-0.15, -0.1) is 0 Å². The van der Waals surface area contributed by atoms with Crippen LogP contribution in [0.4, 0.5) is 0 Å². The number of carbonyl (C=O) groups excluding carboxylic acids is 2. The van der Waals surface area contributed by atoms with E-state index in [0.29, 0.717) is 6.54 Å². The van der Waals surface area contributed by atoms with Gasteiger partial charge in [0.1, 0.15) is 0 Å². The van der Waals surface area contributed by atoms with Crippen molar-refractivity contribution < 1.29 is 9.59 Å². The van der Waals surface area contributed by atoms with E-state index in [2.05, 4.69) is 46.9 Å². The summed E-state index contributed by atoms with van der Waals surface area (Å²) in [7, 11) is 2.10. The number of aromatic nitrogens is 1. The zero-order valence-corrected chi connectivity index (χ0v) is 21.9. The molecule has 2 aliphatic rings. The van der Waals surface area contributed by atoms with E-state index in [1.165, 1.54) is 5.57 Å². The summed E-state index contributed by atoms with van der Waals surface area (Å²) in [6.45, 7) is 10.3. The largest absolute Gasteiger partial charge is 0.343 e. The minimum atomic E-state index is -0.556. The predicted octanol–water partition coefficient (Wildman–Crippen LogP) is 4.16. The van der Waals surface area contributed by atoms with Crippen LogP contribution in [-0.2, 0) is 11.2 Å². The molecule has 4 unspecified atom stereocenters. The molecule has 1 aromatic carbocycles. The monoisotopic (exact) mass is 514 g/mol. The van der Waals surface area contributed by atoms with Gasteiger partial charge in [0.15, 0.2) is 0 Å². The highest BCUT2D eigenvalue weighted by atomic mass is 79.9. The summed E-state index contributed by atoms with van der Waals surface area (Å²) in [6, 6.07) is 5.75. The summed E-state index contributed by atoms with van der Waals surface area (Å²) in [5, 5.41) is 1.10. The Kier molecular flexibility index (Phi) is 6.85. The highest BCUT2D eigenvalue weighted by Crippen LogP contribution is 2.45. The molecule has 1 amide bonds. The van der Waals surface area contributed by atoms with Crippen molar-refractivity contribution in [2.24, 2.45) is 17.6 Å². The minimum absolute atomic E-state index is 0.0774. The molecule has 0 spiro atoms. The maximum atomic E-state index is 13.4. The molecule has 2 aromatic rings. The molecule has 2 N–H and O–H groups in total. The average molecular weight is 515 g/mol. The van der Waals surface area contributed by atoms with Crippen molar-refractivity contribution in [1.29, 1.82) is 0 Å². The van der Waals surface area contributed by atoms with E-state index in [9.17, 15) is 9.59 Å². The van der Waals surface area contributed by atoms with Gasteiger partial charge in [0, 0.05) is 31.1 Å². The third-order valence-corrected chi connectivity index (χ3v) is 8.48. The zero-order valence-electron chi connectivity index (χ0n) is 20.3. The van der Waals surface area contributed by atoms with Crippen molar-refractivity contribution in [3.8, 4) is 0 Å². The molecule has 0 bridgehead atoms. The van der Waals surface area contributed by atoms with Crippen LogP contribution < -0.4 is 5.73 Å². The molecule has 1 aliphatic carbocycles. The van der Waals surface area contributed by atoms with Crippen molar-refractivity contribution in [3.05, 3.63) is 40.0 Å². The summed E-state index contributed by atoms with van der Waals surface area (Å²) in [4.78, 5) is 30.8. The third-order valence-electron chi connectivity index (χ3n) is 7.65. The molecule has 2 heterocycles. The second-order valence-electron chi connectivity index (χ2n) is 9.45. The normalized spacial score (nSPS) is 22.0. The van der Waals surface area contributed by atoms with E-state index in [-0.39, 0.29) is 29.7 Å². The molecule has 7 heteroatoms. The van der Waals surface area contributed by atoms with Gasteiger partial charge in [0.05, 0.1) is 22.1 Å². The zero-order chi connectivity index (χ0) is 24.0. The first-order valence-corrected chi connectivity index (χ1v) is 12.9. The van der Waals surface area contributed by atoms with Crippen molar-refractivity contribution in [1.82, 2.24) is 14.4 Å². The number of nitrogens with zero attached hydrogens (tertiary/aromatic N) is 3. The first kappa shape index (κ1) is 24.2. The Morgan fingerprint density at radius 3 is 2.58 bits per heavy atom. The van der Waals surface area contributed by atoms with Crippen LogP contribution in [0.3, 0.4) is 0 Å². The van der Waals surface area contributed by atoms with Gasteiger partial charge in [-0.2, -0.15) is 0 Å². The number of fused-ring (bicyclic) bond motifs is 2. The van der Waals surface area contributed by atoms with Gasteiger partial charge in [-0.1, -0.05) is 38.5 Å². The molecular formula is C26H35BrN4O2. The van der Waals surface area contributed by atoms with Crippen molar-refractivity contribution in [3.63, 3.8) is 0 Å². The topological polar surface area (TPSA) is 71.6 Å². The van der Waals surface area contributed by atoms with Crippen molar-refractivity contribution in [2.45, 2.75) is 52.6 Å². The molecule has 33 heavy (non-hydrogen) atoms. The Morgan fingerprint density at radius 2 is 1.94 bits per heavy atom. The Labute approximate surface area is 204 Å². The smallest absolute Gasteiger partial charge is 0.249 e. The fourth-order valence-corrected chi connectivity index (χ4v) is 6.11. The van der Waals surface area contributed by atoms with Crippen LogP contribution in [0.5, 0.6) is 0 Å². The number of rotatable bonds is 6. The number of amides is 1. The summed E-state index contributed by atoms with van der Waals surface area (Å²) < 4.78 is 2.57. The third kappa shape index (κ3) is 3.88. The number of hydrogen-bond acceptors (Lipinski definition) is 4. The van der Waals surface area contributed by atoms with E-state index in [1.807, 2.05) is 37.8 Å². The standard InChI is InChI=1S/C26H35BrN4O2/c1-6-15(4)23(28)26(33)31-20-11-9-10-17-18-12-16(25(32)30(7-2)8-3)14-29(5)21(18)13-19(22(17)20)24(31)27/h9-12,15-16,21,23H,6-8,13-14,28H2,1-5H3. The van der Waals surface area contributed by atoms with Crippen molar-refractivity contribution >= 4 is 44.2 Å². The molecular weight excluding hydrogens is 480 g/mol. The fraction of sp³-hybridized carbons (Fsp3) is 0.538. The van der Waals surface area contributed by atoms with Gasteiger partial charge in [-0.3, -0.25) is 19.1 Å². The molecule has 4 rings (SSSR count). The lowest BCUT2D eigenvalue weighted by Gasteiger charge is -2.40. The lowest BCUT2D eigenvalue weighted by Crippen LogP contribution is -2.47. The Hall–Kier alpha value is -1.96. The quantitative estimate of drug-likeness (QED) is 0.628. The predicted molar refractivity (Wildman–Crippen MR) is 137 cm³/mol. The van der Waals surface area contributed by atoms with E-state index >= 15 is 0 Å². The van der Waals surface area contributed by atoms with Gasteiger partial charge < -0.3 is 10.6 Å². The van der Waals surface area contributed by atoms with Crippen LogP contribution in [0.25, 0.3) is 16.5 Å². The molecule has 0 fully saturated rings. The minimum Gasteiger partial charge on any atom is -0.343 e. The Morgan fingerprint density at radius 1 is 1.24 bits per heavy atom. The summed E-state index contributed by atoms with van der Waals surface area (Å²) in [5.41, 5.74) is 10.7. The van der Waals surface area contributed by atoms with Gasteiger partial charge in [-0.25, -0.2) is 0 Å². The molecule has 0 saturated heterocycles. The fourth-order valence-electron chi connectivity index (χ4n) is 5.38. The molecule has 4 atom stereocenters. The second kappa shape index (κ2) is 9.35. The first-order chi connectivity index (χ1) is 15.7. The van der Waals surface area contributed by atoms with Crippen LogP contribution >= 0.6 is 15.9 Å². The highest BCUT2D eigenvalue weighted by Gasteiger charge is 2.39. The number of carbonyl (C=O) groups is 2. The van der Waals surface area contributed by atoms with E-state index in [0.717, 1.165) is 52.6 Å². The van der Waals surface area contributed by atoms with Crippen LogP contribution in [0.1, 0.15) is 50.0 Å². The summed E-state index contributed by atoms with van der Waals surface area (Å²) in [6.07, 6.45) is 3.83. The van der Waals surface area contributed by atoms with E-state index < -0.39 is 6.04 Å². The maximum absolute atomic E-state index is 13.4.